The molecule has 2 aromatic heterocycles. The molecule has 110 valence electrons. The van der Waals surface area contributed by atoms with E-state index in [0.29, 0.717) is 6.42 Å². The van der Waals surface area contributed by atoms with Crippen LogP contribution in [0.2, 0.25) is 0 Å². The van der Waals surface area contributed by atoms with E-state index in [1.165, 1.54) is 11.3 Å². The van der Waals surface area contributed by atoms with E-state index in [1.807, 2.05) is 6.92 Å². The van der Waals surface area contributed by atoms with Crippen molar-refractivity contribution < 1.29 is 14.8 Å². The topological polar surface area (TPSA) is 118 Å². The zero-order valence-corrected chi connectivity index (χ0v) is 11.8. The third kappa shape index (κ3) is 3.31. The molecule has 2 rings (SSSR count). The first kappa shape index (κ1) is 14.9. The van der Waals surface area contributed by atoms with Crippen LogP contribution in [0.3, 0.4) is 0 Å². The Balaban J connectivity index is 2.38. The van der Waals surface area contributed by atoms with E-state index in [4.69, 9.17) is 5.11 Å². The van der Waals surface area contributed by atoms with Gasteiger partial charge in [-0.1, -0.05) is 6.92 Å². The Morgan fingerprint density at radius 2 is 2.33 bits per heavy atom. The Labute approximate surface area is 123 Å². The first-order valence-corrected chi connectivity index (χ1v) is 6.95. The summed E-state index contributed by atoms with van der Waals surface area (Å²) in [6, 6.07) is 1.98. The van der Waals surface area contributed by atoms with Gasteiger partial charge in [0.05, 0.1) is 11.0 Å². The molecule has 8 nitrogen and oxygen atoms in total. The minimum atomic E-state index is -1.24. The van der Waals surface area contributed by atoms with Gasteiger partial charge in [-0.2, -0.15) is 0 Å². The van der Waals surface area contributed by atoms with Gasteiger partial charge in [-0.25, -0.2) is 14.8 Å². The standard InChI is InChI=1S/C12H12N4O4S/c1-2-7(11-13-5-6-21-11)14-10-9(16(19)20)4-3-8(15-10)12(17)18/h3-7H,2H2,1H3,(H,14,15)(H,17,18). The monoisotopic (exact) mass is 308 g/mol. The third-order valence-corrected chi connectivity index (χ3v) is 3.65. The SMILES string of the molecule is CCC(Nc1nc(C(=O)O)ccc1[N+](=O)[O-])c1nccs1. The van der Waals surface area contributed by atoms with Crippen molar-refractivity contribution in [2.75, 3.05) is 5.32 Å². The average molecular weight is 308 g/mol. The summed E-state index contributed by atoms with van der Waals surface area (Å²) in [5, 5.41) is 25.4. The lowest BCUT2D eigenvalue weighted by Gasteiger charge is -2.15. The van der Waals surface area contributed by atoms with Crippen LogP contribution < -0.4 is 5.32 Å². The number of aromatic carboxylic acids is 1. The van der Waals surface area contributed by atoms with Crippen LogP contribution in [-0.4, -0.2) is 26.0 Å². The van der Waals surface area contributed by atoms with Crippen LogP contribution in [0.5, 0.6) is 0 Å². The van der Waals surface area contributed by atoms with Crippen LogP contribution in [-0.2, 0) is 0 Å². The quantitative estimate of drug-likeness (QED) is 0.622. The molecule has 2 aromatic rings. The number of carbonyl (C=O) groups is 1. The molecule has 2 heterocycles. The molecule has 0 spiro atoms. The van der Waals surface area contributed by atoms with Crippen molar-refractivity contribution in [3.8, 4) is 0 Å². The number of pyridine rings is 1. The van der Waals surface area contributed by atoms with Crippen LogP contribution in [0.15, 0.2) is 23.7 Å². The van der Waals surface area contributed by atoms with Gasteiger partial charge in [0.2, 0.25) is 5.82 Å². The normalized spacial score (nSPS) is 11.9. The summed E-state index contributed by atoms with van der Waals surface area (Å²) < 4.78 is 0. The number of anilines is 1. The highest BCUT2D eigenvalue weighted by atomic mass is 32.1. The number of nitrogens with zero attached hydrogens (tertiary/aromatic N) is 3. The van der Waals surface area contributed by atoms with Gasteiger partial charge in [-0.3, -0.25) is 10.1 Å². The van der Waals surface area contributed by atoms with E-state index in [2.05, 4.69) is 15.3 Å². The molecule has 1 atom stereocenters. The first-order valence-electron chi connectivity index (χ1n) is 6.07. The number of thiazole rings is 1. The summed E-state index contributed by atoms with van der Waals surface area (Å²) in [6.07, 6.45) is 2.27. The van der Waals surface area contributed by atoms with Crippen molar-refractivity contribution in [1.82, 2.24) is 9.97 Å². The van der Waals surface area contributed by atoms with E-state index >= 15 is 0 Å². The molecule has 0 fully saturated rings. The van der Waals surface area contributed by atoms with E-state index < -0.39 is 10.9 Å². The number of nitro groups is 1. The molecule has 0 aromatic carbocycles. The highest BCUT2D eigenvalue weighted by molar-refractivity contribution is 7.09. The number of nitrogens with one attached hydrogen (secondary N) is 1. The van der Waals surface area contributed by atoms with Gasteiger partial charge in [0.15, 0.2) is 5.69 Å². The molecule has 0 aliphatic rings. The van der Waals surface area contributed by atoms with Crippen molar-refractivity contribution in [1.29, 1.82) is 0 Å². The summed E-state index contributed by atoms with van der Waals surface area (Å²) in [5.41, 5.74) is -0.521. The minimum absolute atomic E-state index is 0.0676. The lowest BCUT2D eigenvalue weighted by atomic mass is 10.2. The molecule has 0 aliphatic heterocycles. The second kappa shape index (κ2) is 6.27. The molecular formula is C12H12N4O4S. The molecule has 0 amide bonds. The van der Waals surface area contributed by atoms with Gasteiger partial charge in [-0.05, 0) is 12.5 Å². The molecule has 0 aliphatic carbocycles. The predicted molar refractivity (Wildman–Crippen MR) is 76.6 cm³/mol. The van der Waals surface area contributed by atoms with Gasteiger partial charge in [-0.15, -0.1) is 11.3 Å². The number of aromatic nitrogens is 2. The van der Waals surface area contributed by atoms with Gasteiger partial charge in [0.25, 0.3) is 0 Å². The summed E-state index contributed by atoms with van der Waals surface area (Å²) in [4.78, 5) is 29.3. The second-order valence-corrected chi connectivity index (χ2v) is 5.03. The van der Waals surface area contributed by atoms with Crippen LogP contribution >= 0.6 is 11.3 Å². The van der Waals surface area contributed by atoms with Crippen LogP contribution in [0.4, 0.5) is 11.5 Å². The number of rotatable bonds is 6. The highest BCUT2D eigenvalue weighted by Crippen LogP contribution is 2.29. The lowest BCUT2D eigenvalue weighted by Crippen LogP contribution is -2.13. The Morgan fingerprint density at radius 1 is 1.57 bits per heavy atom. The van der Waals surface area contributed by atoms with Crippen molar-refractivity contribution in [3.63, 3.8) is 0 Å². The van der Waals surface area contributed by atoms with Crippen LogP contribution in [0.25, 0.3) is 0 Å². The molecule has 0 bridgehead atoms. The smallest absolute Gasteiger partial charge is 0.354 e. The summed E-state index contributed by atoms with van der Waals surface area (Å²) in [7, 11) is 0. The van der Waals surface area contributed by atoms with Gasteiger partial charge in [0, 0.05) is 17.6 Å². The fourth-order valence-corrected chi connectivity index (χ4v) is 2.51. The summed E-state index contributed by atoms with van der Waals surface area (Å²) in [5.74, 6) is -1.31. The van der Waals surface area contributed by atoms with Crippen LogP contribution in [0.1, 0.15) is 34.9 Å². The first-order chi connectivity index (χ1) is 10.0. The Bertz CT molecular complexity index is 659. The molecule has 0 saturated heterocycles. The summed E-state index contributed by atoms with van der Waals surface area (Å²) >= 11 is 1.41. The van der Waals surface area contributed by atoms with E-state index in [1.54, 1.807) is 11.6 Å². The maximum absolute atomic E-state index is 11.0. The van der Waals surface area contributed by atoms with Crippen molar-refractivity contribution in [2.45, 2.75) is 19.4 Å². The van der Waals surface area contributed by atoms with Crippen LogP contribution in [0, 0.1) is 10.1 Å². The van der Waals surface area contributed by atoms with Crippen molar-refractivity contribution >= 4 is 28.8 Å². The zero-order chi connectivity index (χ0) is 15.4. The minimum Gasteiger partial charge on any atom is -0.477 e. The fraction of sp³-hybridized carbons (Fsp3) is 0.250. The Hall–Kier alpha value is -2.55. The number of hydrogen-bond donors (Lipinski definition) is 2. The van der Waals surface area contributed by atoms with Crippen molar-refractivity contribution in [3.05, 3.63) is 44.5 Å². The fourth-order valence-electron chi connectivity index (χ4n) is 1.73. The number of hydrogen-bond acceptors (Lipinski definition) is 7. The second-order valence-electron chi connectivity index (χ2n) is 4.10. The maximum atomic E-state index is 11.0. The number of carboxylic acid groups (broad SMARTS) is 1. The number of carboxylic acids is 1. The third-order valence-electron chi connectivity index (χ3n) is 2.76. The molecule has 1 unspecified atom stereocenters. The molecule has 2 N–H and O–H groups in total. The van der Waals surface area contributed by atoms with Gasteiger partial charge >= 0.3 is 11.7 Å². The average Bonchev–Trinajstić information content (AvgIpc) is 2.98. The lowest BCUT2D eigenvalue weighted by molar-refractivity contribution is -0.384. The van der Waals surface area contributed by atoms with E-state index in [9.17, 15) is 14.9 Å². The Morgan fingerprint density at radius 3 is 2.86 bits per heavy atom. The molecule has 0 radical (unpaired) electrons. The van der Waals surface area contributed by atoms with E-state index in [0.717, 1.165) is 17.1 Å². The largest absolute Gasteiger partial charge is 0.477 e. The molecule has 9 heteroatoms. The molecular weight excluding hydrogens is 296 g/mol. The molecule has 0 saturated carbocycles. The van der Waals surface area contributed by atoms with Gasteiger partial charge < -0.3 is 10.4 Å². The van der Waals surface area contributed by atoms with E-state index in [-0.39, 0.29) is 23.2 Å². The summed E-state index contributed by atoms with van der Waals surface area (Å²) in [6.45, 7) is 1.89. The highest BCUT2D eigenvalue weighted by Gasteiger charge is 2.22. The van der Waals surface area contributed by atoms with Crippen molar-refractivity contribution in [2.24, 2.45) is 0 Å². The van der Waals surface area contributed by atoms with Gasteiger partial charge in [0.1, 0.15) is 5.01 Å². The molecule has 21 heavy (non-hydrogen) atoms. The maximum Gasteiger partial charge on any atom is 0.354 e. The zero-order valence-electron chi connectivity index (χ0n) is 11.0. The predicted octanol–water partition coefficient (Wildman–Crippen LogP) is 2.71. The Kier molecular flexibility index (Phi) is 4.43.